The van der Waals surface area contributed by atoms with Gasteiger partial charge in [-0.2, -0.15) is 0 Å². The standard InChI is InChI=1S/C17H21NOS/c1-12-7-8-17(20-12)15(18-2)11-13-9-10-19-16-6-4-3-5-14(13)16/h3-8,13,15,18H,9-11H2,1-2H3. The van der Waals surface area contributed by atoms with Gasteiger partial charge in [0.1, 0.15) is 5.75 Å². The van der Waals surface area contributed by atoms with Crippen molar-refractivity contribution in [1.29, 1.82) is 0 Å². The SMILES string of the molecule is CNC(CC1CCOc2ccccc21)c1ccc(C)s1. The van der Waals surface area contributed by atoms with E-state index in [0.717, 1.165) is 25.2 Å². The second-order valence-corrected chi connectivity index (χ2v) is 6.72. The van der Waals surface area contributed by atoms with Crippen LogP contribution in [-0.4, -0.2) is 13.7 Å². The maximum atomic E-state index is 5.76. The number of benzene rings is 1. The van der Waals surface area contributed by atoms with E-state index in [1.165, 1.54) is 15.3 Å². The Morgan fingerprint density at radius 2 is 2.15 bits per heavy atom. The maximum Gasteiger partial charge on any atom is 0.122 e. The summed E-state index contributed by atoms with van der Waals surface area (Å²) in [6.07, 6.45) is 2.25. The molecule has 0 saturated carbocycles. The van der Waals surface area contributed by atoms with Gasteiger partial charge in [-0.05, 0) is 56.5 Å². The Bertz CT molecular complexity index is 578. The molecule has 0 amide bonds. The van der Waals surface area contributed by atoms with Gasteiger partial charge in [0, 0.05) is 15.8 Å². The molecule has 0 spiro atoms. The van der Waals surface area contributed by atoms with Crippen LogP contribution >= 0.6 is 11.3 Å². The van der Waals surface area contributed by atoms with Crippen molar-refractivity contribution in [2.75, 3.05) is 13.7 Å². The zero-order chi connectivity index (χ0) is 13.9. The van der Waals surface area contributed by atoms with E-state index in [1.807, 2.05) is 11.3 Å². The van der Waals surface area contributed by atoms with Crippen LogP contribution in [-0.2, 0) is 0 Å². The molecule has 2 atom stereocenters. The zero-order valence-corrected chi connectivity index (χ0v) is 12.9. The minimum atomic E-state index is 0.435. The monoisotopic (exact) mass is 287 g/mol. The number of hydrogen-bond donors (Lipinski definition) is 1. The normalized spacial score (nSPS) is 19.2. The molecule has 1 aliphatic heterocycles. The molecule has 1 aromatic carbocycles. The van der Waals surface area contributed by atoms with Gasteiger partial charge in [-0.1, -0.05) is 18.2 Å². The first-order chi connectivity index (χ1) is 9.78. The van der Waals surface area contributed by atoms with E-state index in [-0.39, 0.29) is 0 Å². The van der Waals surface area contributed by atoms with Gasteiger partial charge in [-0.3, -0.25) is 0 Å². The third-order valence-corrected chi connectivity index (χ3v) is 5.17. The first-order valence-electron chi connectivity index (χ1n) is 7.23. The lowest BCUT2D eigenvalue weighted by Gasteiger charge is -2.28. The van der Waals surface area contributed by atoms with Crippen molar-refractivity contribution in [3.8, 4) is 5.75 Å². The van der Waals surface area contributed by atoms with Crippen LogP contribution in [0.3, 0.4) is 0 Å². The fraction of sp³-hybridized carbons (Fsp3) is 0.412. The summed E-state index contributed by atoms with van der Waals surface area (Å²) in [5.41, 5.74) is 1.37. The number of para-hydroxylation sites is 1. The van der Waals surface area contributed by atoms with Crippen molar-refractivity contribution >= 4 is 11.3 Å². The number of hydrogen-bond acceptors (Lipinski definition) is 3. The average Bonchev–Trinajstić information content (AvgIpc) is 2.91. The first-order valence-corrected chi connectivity index (χ1v) is 8.05. The van der Waals surface area contributed by atoms with Crippen LogP contribution in [0.15, 0.2) is 36.4 Å². The Kier molecular flexibility index (Phi) is 4.08. The Morgan fingerprint density at radius 1 is 1.30 bits per heavy atom. The van der Waals surface area contributed by atoms with E-state index in [1.54, 1.807) is 0 Å². The molecule has 1 N–H and O–H groups in total. The number of ether oxygens (including phenoxy) is 1. The Balaban J connectivity index is 1.80. The maximum absolute atomic E-state index is 5.76. The second-order valence-electron chi connectivity index (χ2n) is 5.40. The number of fused-ring (bicyclic) bond motifs is 1. The van der Waals surface area contributed by atoms with E-state index >= 15 is 0 Å². The van der Waals surface area contributed by atoms with Crippen molar-refractivity contribution in [2.45, 2.75) is 31.7 Å². The molecule has 2 heterocycles. The van der Waals surface area contributed by atoms with Gasteiger partial charge in [0.15, 0.2) is 0 Å². The van der Waals surface area contributed by atoms with Crippen molar-refractivity contribution in [2.24, 2.45) is 0 Å². The molecule has 2 unspecified atom stereocenters. The molecule has 0 saturated heterocycles. The van der Waals surface area contributed by atoms with Crippen LogP contribution in [0.2, 0.25) is 0 Å². The predicted molar refractivity (Wildman–Crippen MR) is 84.8 cm³/mol. The van der Waals surface area contributed by atoms with Crippen LogP contribution in [0.5, 0.6) is 5.75 Å². The van der Waals surface area contributed by atoms with Gasteiger partial charge >= 0.3 is 0 Å². The van der Waals surface area contributed by atoms with Crippen molar-refractivity contribution in [3.63, 3.8) is 0 Å². The molecule has 0 bridgehead atoms. The van der Waals surface area contributed by atoms with Gasteiger partial charge in [-0.15, -0.1) is 11.3 Å². The van der Waals surface area contributed by atoms with Crippen LogP contribution in [0.25, 0.3) is 0 Å². The fourth-order valence-corrected chi connectivity index (χ4v) is 3.96. The van der Waals surface area contributed by atoms with E-state index in [2.05, 4.69) is 55.7 Å². The smallest absolute Gasteiger partial charge is 0.122 e. The Labute approximate surface area is 124 Å². The highest BCUT2D eigenvalue weighted by molar-refractivity contribution is 7.12. The Morgan fingerprint density at radius 3 is 2.90 bits per heavy atom. The molecule has 20 heavy (non-hydrogen) atoms. The molecule has 0 aliphatic carbocycles. The molecule has 3 rings (SSSR count). The fourth-order valence-electron chi connectivity index (χ4n) is 2.96. The molecule has 2 nitrogen and oxygen atoms in total. The summed E-state index contributed by atoms with van der Waals surface area (Å²) < 4.78 is 5.76. The summed E-state index contributed by atoms with van der Waals surface area (Å²) in [5.74, 6) is 1.65. The summed E-state index contributed by atoms with van der Waals surface area (Å²) in [4.78, 5) is 2.82. The topological polar surface area (TPSA) is 21.3 Å². The highest BCUT2D eigenvalue weighted by Crippen LogP contribution is 2.39. The molecule has 1 aliphatic rings. The number of thiophene rings is 1. The van der Waals surface area contributed by atoms with Crippen molar-refractivity contribution in [3.05, 3.63) is 51.7 Å². The minimum Gasteiger partial charge on any atom is -0.493 e. The molecule has 0 radical (unpaired) electrons. The lowest BCUT2D eigenvalue weighted by molar-refractivity contribution is 0.256. The highest BCUT2D eigenvalue weighted by Gasteiger charge is 2.25. The van der Waals surface area contributed by atoms with Crippen LogP contribution < -0.4 is 10.1 Å². The third kappa shape index (κ3) is 2.74. The number of nitrogens with one attached hydrogen (secondary N) is 1. The van der Waals surface area contributed by atoms with Crippen LogP contribution in [0.1, 0.15) is 40.1 Å². The van der Waals surface area contributed by atoms with Gasteiger partial charge in [0.2, 0.25) is 0 Å². The zero-order valence-electron chi connectivity index (χ0n) is 12.1. The lowest BCUT2D eigenvalue weighted by Crippen LogP contribution is -2.22. The number of rotatable bonds is 4. The van der Waals surface area contributed by atoms with Gasteiger partial charge in [0.05, 0.1) is 6.61 Å². The van der Waals surface area contributed by atoms with Crippen LogP contribution in [0.4, 0.5) is 0 Å². The summed E-state index contributed by atoms with van der Waals surface area (Å²) in [6.45, 7) is 3.01. The van der Waals surface area contributed by atoms with E-state index in [9.17, 15) is 0 Å². The van der Waals surface area contributed by atoms with Crippen molar-refractivity contribution in [1.82, 2.24) is 5.32 Å². The molecule has 2 aromatic rings. The highest BCUT2D eigenvalue weighted by atomic mass is 32.1. The average molecular weight is 287 g/mol. The summed E-state index contributed by atoms with van der Waals surface area (Å²) >= 11 is 1.90. The van der Waals surface area contributed by atoms with Gasteiger partial charge in [-0.25, -0.2) is 0 Å². The van der Waals surface area contributed by atoms with E-state index in [0.29, 0.717) is 12.0 Å². The summed E-state index contributed by atoms with van der Waals surface area (Å²) in [6, 6.07) is 13.4. The largest absolute Gasteiger partial charge is 0.493 e. The molecule has 1 aromatic heterocycles. The quantitative estimate of drug-likeness (QED) is 0.906. The molecule has 0 fully saturated rings. The molecule has 3 heteroatoms. The van der Waals surface area contributed by atoms with Crippen LogP contribution in [0, 0.1) is 6.92 Å². The Hall–Kier alpha value is -1.32. The molecular weight excluding hydrogens is 266 g/mol. The molecular formula is C17H21NOS. The summed E-state index contributed by atoms with van der Waals surface area (Å²) in [5, 5.41) is 3.48. The lowest BCUT2D eigenvalue weighted by atomic mass is 9.87. The van der Waals surface area contributed by atoms with E-state index in [4.69, 9.17) is 4.74 Å². The molecule has 106 valence electrons. The van der Waals surface area contributed by atoms with Gasteiger partial charge < -0.3 is 10.1 Å². The number of aryl methyl sites for hydroxylation is 1. The summed E-state index contributed by atoms with van der Waals surface area (Å²) in [7, 11) is 2.06. The third-order valence-electron chi connectivity index (χ3n) is 4.06. The first kappa shape index (κ1) is 13.7. The minimum absolute atomic E-state index is 0.435. The van der Waals surface area contributed by atoms with Gasteiger partial charge in [0.25, 0.3) is 0 Å². The van der Waals surface area contributed by atoms with Crippen molar-refractivity contribution < 1.29 is 4.74 Å². The second kappa shape index (κ2) is 5.98. The predicted octanol–water partition coefficient (Wildman–Crippen LogP) is 4.27. The van der Waals surface area contributed by atoms with E-state index < -0.39 is 0 Å².